The van der Waals surface area contributed by atoms with Crippen molar-refractivity contribution in [3.63, 3.8) is 0 Å². The predicted molar refractivity (Wildman–Crippen MR) is 70.9 cm³/mol. The van der Waals surface area contributed by atoms with Crippen molar-refractivity contribution in [2.24, 2.45) is 5.73 Å². The van der Waals surface area contributed by atoms with Crippen molar-refractivity contribution < 1.29 is 13.9 Å². The molecule has 0 saturated carbocycles. The highest BCUT2D eigenvalue weighted by Crippen LogP contribution is 2.30. The van der Waals surface area contributed by atoms with Crippen LogP contribution in [0.1, 0.15) is 10.4 Å². The molecule has 0 aliphatic carbocycles. The van der Waals surface area contributed by atoms with Gasteiger partial charge in [-0.1, -0.05) is 11.6 Å². The van der Waals surface area contributed by atoms with Gasteiger partial charge in [0.15, 0.2) is 0 Å². The van der Waals surface area contributed by atoms with Crippen LogP contribution in [0.5, 0.6) is 11.5 Å². The molecule has 0 radical (unpaired) electrons. The summed E-state index contributed by atoms with van der Waals surface area (Å²) in [6.45, 7) is 0. The smallest absolute Gasteiger partial charge is 0.251 e. The molecule has 6 heteroatoms. The average Bonchev–Trinajstić information content (AvgIpc) is 2.32. The molecule has 1 amide bonds. The molecule has 19 heavy (non-hydrogen) atoms. The number of hydrogen-bond acceptors (Lipinski definition) is 3. The van der Waals surface area contributed by atoms with E-state index in [1.165, 1.54) is 18.2 Å². The third kappa shape index (κ3) is 2.95. The van der Waals surface area contributed by atoms with Gasteiger partial charge in [-0.25, -0.2) is 4.39 Å². The molecule has 0 aliphatic heterocycles. The molecular weight excluding hydrogens is 271 g/mol. The summed E-state index contributed by atoms with van der Waals surface area (Å²) < 4.78 is 18.9. The van der Waals surface area contributed by atoms with E-state index < -0.39 is 11.7 Å². The van der Waals surface area contributed by atoms with Crippen molar-refractivity contribution >= 4 is 23.2 Å². The molecule has 0 fully saturated rings. The fourth-order valence-corrected chi connectivity index (χ4v) is 1.68. The first-order valence-corrected chi connectivity index (χ1v) is 5.67. The van der Waals surface area contributed by atoms with Gasteiger partial charge in [-0.05, 0) is 30.3 Å². The monoisotopic (exact) mass is 280 g/mol. The maximum atomic E-state index is 13.5. The van der Waals surface area contributed by atoms with Gasteiger partial charge in [-0.3, -0.25) is 4.79 Å². The Bertz CT molecular complexity index is 647. The largest absolute Gasteiger partial charge is 0.455 e. The standard InChI is InChI=1S/C13H10ClFN2O2/c14-7-1-4-12(11(16)5-7)19-8-2-3-9(13(17)18)10(15)6-8/h1-6H,16H2,(H2,17,18). The van der Waals surface area contributed by atoms with Crippen LogP contribution in [0.15, 0.2) is 36.4 Å². The predicted octanol–water partition coefficient (Wildman–Crippen LogP) is 2.95. The van der Waals surface area contributed by atoms with Gasteiger partial charge in [0.25, 0.3) is 5.91 Å². The zero-order valence-corrected chi connectivity index (χ0v) is 10.4. The first kappa shape index (κ1) is 13.2. The van der Waals surface area contributed by atoms with Crippen molar-refractivity contribution in [3.8, 4) is 11.5 Å². The van der Waals surface area contributed by atoms with Crippen LogP contribution in [0.4, 0.5) is 10.1 Å². The van der Waals surface area contributed by atoms with Gasteiger partial charge in [-0.15, -0.1) is 0 Å². The van der Waals surface area contributed by atoms with E-state index in [1.807, 2.05) is 0 Å². The number of primary amides is 1. The lowest BCUT2D eigenvalue weighted by Gasteiger charge is -2.09. The summed E-state index contributed by atoms with van der Waals surface area (Å²) in [6, 6.07) is 8.43. The summed E-state index contributed by atoms with van der Waals surface area (Å²) in [5.74, 6) is -1.04. The molecule has 0 atom stereocenters. The molecule has 2 rings (SSSR count). The number of nitrogens with two attached hydrogens (primary N) is 2. The van der Waals surface area contributed by atoms with Crippen LogP contribution in [-0.2, 0) is 0 Å². The van der Waals surface area contributed by atoms with E-state index in [0.29, 0.717) is 16.5 Å². The third-order valence-corrected chi connectivity index (χ3v) is 2.64. The maximum Gasteiger partial charge on any atom is 0.251 e. The van der Waals surface area contributed by atoms with Gasteiger partial charge < -0.3 is 16.2 Å². The van der Waals surface area contributed by atoms with E-state index in [2.05, 4.69) is 0 Å². The number of carbonyl (C=O) groups is 1. The van der Waals surface area contributed by atoms with Crippen LogP contribution in [0.3, 0.4) is 0 Å². The molecule has 2 aromatic carbocycles. The van der Waals surface area contributed by atoms with Gasteiger partial charge in [0.2, 0.25) is 0 Å². The minimum Gasteiger partial charge on any atom is -0.455 e. The lowest BCUT2D eigenvalue weighted by atomic mass is 10.2. The fourth-order valence-electron chi connectivity index (χ4n) is 1.50. The van der Waals surface area contributed by atoms with Gasteiger partial charge >= 0.3 is 0 Å². The van der Waals surface area contributed by atoms with E-state index >= 15 is 0 Å². The Morgan fingerprint density at radius 1 is 1.21 bits per heavy atom. The van der Waals surface area contributed by atoms with Crippen molar-refractivity contribution in [3.05, 3.63) is 52.8 Å². The molecule has 0 heterocycles. The van der Waals surface area contributed by atoms with Gasteiger partial charge in [0, 0.05) is 11.1 Å². The Morgan fingerprint density at radius 3 is 2.53 bits per heavy atom. The SMILES string of the molecule is NC(=O)c1ccc(Oc2ccc(Cl)cc2N)cc1F. The van der Waals surface area contributed by atoms with E-state index in [0.717, 1.165) is 6.07 Å². The van der Waals surface area contributed by atoms with Gasteiger partial charge in [0.05, 0.1) is 11.3 Å². The Kier molecular flexibility index (Phi) is 3.57. The second-order valence-electron chi connectivity index (χ2n) is 3.79. The first-order chi connectivity index (χ1) is 8.97. The van der Waals surface area contributed by atoms with E-state index in [4.69, 9.17) is 27.8 Å². The molecule has 0 spiro atoms. The second-order valence-corrected chi connectivity index (χ2v) is 4.23. The van der Waals surface area contributed by atoms with Crippen LogP contribution < -0.4 is 16.2 Å². The summed E-state index contributed by atoms with van der Waals surface area (Å²) in [5, 5.41) is 0.472. The molecule has 0 unspecified atom stereocenters. The number of rotatable bonds is 3. The quantitative estimate of drug-likeness (QED) is 0.849. The van der Waals surface area contributed by atoms with Crippen LogP contribution in [0, 0.1) is 5.82 Å². The number of hydrogen-bond donors (Lipinski definition) is 2. The van der Waals surface area contributed by atoms with Crippen molar-refractivity contribution in [2.45, 2.75) is 0 Å². The number of benzene rings is 2. The average molecular weight is 281 g/mol. The Hall–Kier alpha value is -2.27. The highest BCUT2D eigenvalue weighted by Gasteiger charge is 2.10. The Balaban J connectivity index is 2.29. The van der Waals surface area contributed by atoms with E-state index in [-0.39, 0.29) is 11.3 Å². The number of anilines is 1. The van der Waals surface area contributed by atoms with Gasteiger partial charge in [0.1, 0.15) is 17.3 Å². The molecule has 0 aliphatic rings. The van der Waals surface area contributed by atoms with E-state index in [1.54, 1.807) is 12.1 Å². The van der Waals surface area contributed by atoms with Crippen molar-refractivity contribution in [1.82, 2.24) is 0 Å². The molecule has 4 nitrogen and oxygen atoms in total. The Labute approximate surface area is 113 Å². The minimum absolute atomic E-state index is 0.198. The van der Waals surface area contributed by atoms with E-state index in [9.17, 15) is 9.18 Å². The molecule has 2 aromatic rings. The number of ether oxygens (including phenoxy) is 1. The number of amides is 1. The molecular formula is C13H10ClFN2O2. The molecule has 0 bridgehead atoms. The third-order valence-electron chi connectivity index (χ3n) is 2.41. The van der Waals surface area contributed by atoms with Crippen LogP contribution in [0.2, 0.25) is 5.02 Å². The van der Waals surface area contributed by atoms with Crippen molar-refractivity contribution in [2.75, 3.05) is 5.73 Å². The topological polar surface area (TPSA) is 78.3 Å². The highest BCUT2D eigenvalue weighted by molar-refractivity contribution is 6.30. The van der Waals surface area contributed by atoms with Crippen molar-refractivity contribution in [1.29, 1.82) is 0 Å². The second kappa shape index (κ2) is 5.16. The fraction of sp³-hybridized carbons (Fsp3) is 0. The molecule has 98 valence electrons. The zero-order valence-electron chi connectivity index (χ0n) is 9.69. The molecule has 0 saturated heterocycles. The summed E-state index contributed by atoms with van der Waals surface area (Å²) in [5.41, 5.74) is 10.8. The molecule has 4 N–H and O–H groups in total. The number of nitrogen functional groups attached to an aromatic ring is 1. The first-order valence-electron chi connectivity index (χ1n) is 5.29. The number of halogens is 2. The van der Waals surface area contributed by atoms with Crippen LogP contribution >= 0.6 is 11.6 Å². The summed E-state index contributed by atoms with van der Waals surface area (Å²) in [6.07, 6.45) is 0. The summed E-state index contributed by atoms with van der Waals surface area (Å²) >= 11 is 5.75. The number of carbonyl (C=O) groups excluding carboxylic acids is 1. The maximum absolute atomic E-state index is 13.5. The molecule has 0 aromatic heterocycles. The summed E-state index contributed by atoms with van der Waals surface area (Å²) in [4.78, 5) is 10.9. The lowest BCUT2D eigenvalue weighted by Crippen LogP contribution is -2.12. The van der Waals surface area contributed by atoms with Crippen LogP contribution in [0.25, 0.3) is 0 Å². The summed E-state index contributed by atoms with van der Waals surface area (Å²) in [7, 11) is 0. The normalized spacial score (nSPS) is 10.2. The highest BCUT2D eigenvalue weighted by atomic mass is 35.5. The lowest BCUT2D eigenvalue weighted by molar-refractivity contribution is 0.0996. The Morgan fingerprint density at radius 2 is 1.95 bits per heavy atom. The van der Waals surface area contributed by atoms with Gasteiger partial charge in [-0.2, -0.15) is 0 Å². The zero-order chi connectivity index (χ0) is 14.0. The van der Waals surface area contributed by atoms with Crippen LogP contribution in [-0.4, -0.2) is 5.91 Å². The minimum atomic E-state index is -0.838.